The van der Waals surface area contributed by atoms with Crippen LogP contribution in [0.2, 0.25) is 0 Å². The molecule has 0 bridgehead atoms. The lowest BCUT2D eigenvalue weighted by molar-refractivity contribution is -0.198. The summed E-state index contributed by atoms with van der Waals surface area (Å²) in [6.45, 7) is 0. The first-order valence-electron chi connectivity index (χ1n) is 9.28. The summed E-state index contributed by atoms with van der Waals surface area (Å²) in [5.74, 6) is -3.39. The molecule has 0 fully saturated rings. The van der Waals surface area contributed by atoms with Crippen molar-refractivity contribution in [1.29, 1.82) is 0 Å². The second-order valence-corrected chi connectivity index (χ2v) is 6.60. The lowest BCUT2D eigenvalue weighted by Crippen LogP contribution is -2.33. The standard InChI is InChI=1S/C19H24N2O7/c1-20(28-19(26)14-8-5-3-2-4-6-9-14)15(22)10-7-11-18(25)27-21-16(23)12-13-17(21)24/h2-3,12-14H,4-11H2,1H3/b3-2-. The largest absolute Gasteiger partial charge is 0.338 e. The van der Waals surface area contributed by atoms with Gasteiger partial charge in [0.15, 0.2) is 0 Å². The molecule has 0 aromatic heterocycles. The van der Waals surface area contributed by atoms with E-state index >= 15 is 0 Å². The molecule has 3 amide bonds. The van der Waals surface area contributed by atoms with Crippen LogP contribution in [0.15, 0.2) is 24.3 Å². The Balaban J connectivity index is 1.68. The van der Waals surface area contributed by atoms with E-state index in [9.17, 15) is 24.0 Å². The van der Waals surface area contributed by atoms with E-state index in [1.165, 1.54) is 7.05 Å². The summed E-state index contributed by atoms with van der Waals surface area (Å²) in [6, 6.07) is 0. The van der Waals surface area contributed by atoms with Crippen LogP contribution < -0.4 is 0 Å². The molecule has 2 rings (SSSR count). The van der Waals surface area contributed by atoms with E-state index in [1.807, 2.05) is 6.08 Å². The van der Waals surface area contributed by atoms with Crippen molar-refractivity contribution in [3.8, 4) is 0 Å². The van der Waals surface area contributed by atoms with E-state index in [0.717, 1.165) is 42.9 Å². The highest BCUT2D eigenvalue weighted by Gasteiger charge is 2.28. The lowest BCUT2D eigenvalue weighted by atomic mass is 9.94. The Morgan fingerprint density at radius 3 is 2.46 bits per heavy atom. The van der Waals surface area contributed by atoms with E-state index in [2.05, 4.69) is 10.9 Å². The zero-order valence-corrected chi connectivity index (χ0v) is 15.8. The monoisotopic (exact) mass is 392 g/mol. The molecule has 152 valence electrons. The number of allylic oxidation sites excluding steroid dienone is 2. The Morgan fingerprint density at radius 1 is 1.07 bits per heavy atom. The van der Waals surface area contributed by atoms with E-state index in [4.69, 9.17) is 4.84 Å². The molecule has 1 aliphatic heterocycles. The SMILES string of the molecule is CN(OC(=O)C1CC/C=C\CCC1)C(=O)CCCC(=O)ON1C(=O)C=CC1=O. The van der Waals surface area contributed by atoms with E-state index in [-0.39, 0.29) is 25.2 Å². The molecule has 0 saturated heterocycles. The molecular weight excluding hydrogens is 368 g/mol. The topological polar surface area (TPSA) is 110 Å². The highest BCUT2D eigenvalue weighted by Crippen LogP contribution is 2.20. The molecule has 1 heterocycles. The minimum atomic E-state index is -0.805. The summed E-state index contributed by atoms with van der Waals surface area (Å²) in [5.41, 5.74) is 0. The predicted octanol–water partition coefficient (Wildman–Crippen LogP) is 1.59. The molecule has 0 aromatic carbocycles. The third-order valence-corrected chi connectivity index (χ3v) is 4.42. The summed E-state index contributed by atoms with van der Waals surface area (Å²) in [5, 5.41) is 1.25. The van der Waals surface area contributed by atoms with Crippen LogP contribution in [0.3, 0.4) is 0 Å². The second kappa shape index (κ2) is 10.4. The number of hydrogen-bond donors (Lipinski definition) is 0. The first kappa shape index (κ1) is 21.3. The summed E-state index contributed by atoms with van der Waals surface area (Å²) >= 11 is 0. The molecular formula is C19H24N2O7. The second-order valence-electron chi connectivity index (χ2n) is 6.60. The molecule has 9 heteroatoms. The van der Waals surface area contributed by atoms with Crippen LogP contribution in [-0.4, -0.2) is 46.8 Å². The number of amides is 3. The average Bonchev–Trinajstić information content (AvgIpc) is 2.93. The third kappa shape index (κ3) is 6.33. The number of nitrogens with zero attached hydrogens (tertiary/aromatic N) is 2. The number of rotatable bonds is 6. The van der Waals surface area contributed by atoms with Crippen molar-refractivity contribution >= 4 is 29.7 Å². The van der Waals surface area contributed by atoms with Gasteiger partial charge in [0.2, 0.25) is 0 Å². The zero-order valence-electron chi connectivity index (χ0n) is 15.8. The fraction of sp³-hybridized carbons (Fsp3) is 0.526. The van der Waals surface area contributed by atoms with Crippen molar-refractivity contribution in [2.24, 2.45) is 5.92 Å². The van der Waals surface area contributed by atoms with Gasteiger partial charge in [0, 0.05) is 32.0 Å². The van der Waals surface area contributed by atoms with Crippen LogP contribution in [0.1, 0.15) is 51.4 Å². The normalized spacial score (nSPS) is 20.3. The van der Waals surface area contributed by atoms with Gasteiger partial charge in [-0.25, -0.2) is 9.59 Å². The van der Waals surface area contributed by atoms with Crippen LogP contribution in [0.5, 0.6) is 0 Å². The molecule has 0 radical (unpaired) electrons. The molecule has 0 N–H and O–H groups in total. The number of carbonyl (C=O) groups is 5. The maximum absolute atomic E-state index is 12.2. The van der Waals surface area contributed by atoms with Crippen molar-refractivity contribution in [2.45, 2.75) is 51.4 Å². The fourth-order valence-electron chi connectivity index (χ4n) is 2.82. The van der Waals surface area contributed by atoms with Gasteiger partial charge in [0.1, 0.15) is 0 Å². The van der Waals surface area contributed by atoms with Gasteiger partial charge in [-0.05, 0) is 38.5 Å². The first-order valence-corrected chi connectivity index (χ1v) is 9.28. The van der Waals surface area contributed by atoms with Gasteiger partial charge in [0.05, 0.1) is 5.92 Å². The van der Waals surface area contributed by atoms with Gasteiger partial charge in [-0.2, -0.15) is 5.06 Å². The Kier molecular flexibility index (Phi) is 7.91. The van der Waals surface area contributed by atoms with Crippen LogP contribution >= 0.6 is 0 Å². The number of imide groups is 1. The average molecular weight is 392 g/mol. The smallest absolute Gasteiger partial charge is 0.335 e. The Labute approximate surface area is 162 Å². The van der Waals surface area contributed by atoms with Crippen molar-refractivity contribution in [1.82, 2.24) is 10.1 Å². The van der Waals surface area contributed by atoms with E-state index in [0.29, 0.717) is 11.5 Å². The molecule has 1 aliphatic carbocycles. The number of hydrogen-bond acceptors (Lipinski definition) is 7. The number of carbonyl (C=O) groups excluding carboxylic acids is 5. The maximum atomic E-state index is 12.2. The molecule has 9 nitrogen and oxygen atoms in total. The third-order valence-electron chi connectivity index (χ3n) is 4.42. The summed E-state index contributed by atoms with van der Waals surface area (Å²) < 4.78 is 0. The predicted molar refractivity (Wildman–Crippen MR) is 95.5 cm³/mol. The molecule has 2 aliphatic rings. The van der Waals surface area contributed by atoms with Gasteiger partial charge < -0.3 is 9.68 Å². The molecule has 28 heavy (non-hydrogen) atoms. The summed E-state index contributed by atoms with van der Waals surface area (Å²) in [4.78, 5) is 68.4. The van der Waals surface area contributed by atoms with Crippen molar-refractivity contribution in [3.63, 3.8) is 0 Å². The van der Waals surface area contributed by atoms with Crippen molar-refractivity contribution < 1.29 is 33.6 Å². The summed E-state index contributed by atoms with van der Waals surface area (Å²) in [7, 11) is 1.36. The molecule has 0 aromatic rings. The van der Waals surface area contributed by atoms with E-state index < -0.39 is 29.7 Å². The van der Waals surface area contributed by atoms with Crippen LogP contribution in [0.4, 0.5) is 0 Å². The zero-order chi connectivity index (χ0) is 20.5. The Hall–Kier alpha value is -2.97. The Bertz CT molecular complexity index is 680. The highest BCUT2D eigenvalue weighted by atomic mass is 16.7. The molecule has 0 spiro atoms. The Morgan fingerprint density at radius 2 is 1.75 bits per heavy atom. The molecule has 0 saturated carbocycles. The van der Waals surface area contributed by atoms with Gasteiger partial charge in [0.25, 0.3) is 17.7 Å². The minimum absolute atomic E-state index is 0.0492. The molecule has 1 unspecified atom stereocenters. The van der Waals surface area contributed by atoms with Crippen LogP contribution in [-0.2, 0) is 33.6 Å². The fourth-order valence-corrected chi connectivity index (χ4v) is 2.82. The van der Waals surface area contributed by atoms with Crippen molar-refractivity contribution in [2.75, 3.05) is 7.05 Å². The van der Waals surface area contributed by atoms with E-state index in [1.54, 1.807) is 0 Å². The quantitative estimate of drug-likeness (QED) is 0.383. The van der Waals surface area contributed by atoms with Gasteiger partial charge >= 0.3 is 11.9 Å². The lowest BCUT2D eigenvalue weighted by Gasteiger charge is -2.21. The van der Waals surface area contributed by atoms with Crippen LogP contribution in [0, 0.1) is 5.92 Å². The minimum Gasteiger partial charge on any atom is -0.338 e. The molecule has 1 atom stereocenters. The van der Waals surface area contributed by atoms with Gasteiger partial charge in [-0.15, -0.1) is 0 Å². The van der Waals surface area contributed by atoms with Gasteiger partial charge in [-0.3, -0.25) is 14.4 Å². The highest BCUT2D eigenvalue weighted by molar-refractivity contribution is 6.12. The maximum Gasteiger partial charge on any atom is 0.335 e. The first-order chi connectivity index (χ1) is 13.4. The number of hydroxylamine groups is 4. The van der Waals surface area contributed by atoms with Crippen LogP contribution in [0.25, 0.3) is 0 Å². The van der Waals surface area contributed by atoms with Crippen molar-refractivity contribution in [3.05, 3.63) is 24.3 Å². The summed E-state index contributed by atoms with van der Waals surface area (Å²) in [6.07, 6.45) is 10.1. The van der Waals surface area contributed by atoms with Gasteiger partial charge in [-0.1, -0.05) is 17.2 Å².